The fourth-order valence-electron chi connectivity index (χ4n) is 4.29. The van der Waals surface area contributed by atoms with E-state index in [1.807, 2.05) is 30.3 Å². The molecule has 0 unspecified atom stereocenters. The van der Waals surface area contributed by atoms with E-state index in [1.54, 1.807) is 65.5 Å². The highest BCUT2D eigenvalue weighted by atomic mass is 19.4. The van der Waals surface area contributed by atoms with Crippen molar-refractivity contribution in [3.8, 4) is 11.1 Å². The third-order valence-electron chi connectivity index (χ3n) is 6.49. The zero-order valence-electron chi connectivity index (χ0n) is 23.8. The van der Waals surface area contributed by atoms with Crippen molar-refractivity contribution in [1.29, 1.82) is 5.41 Å². The summed E-state index contributed by atoms with van der Waals surface area (Å²) in [5.41, 5.74) is 10.0. The number of aromatic carboxylic acids is 1. The summed E-state index contributed by atoms with van der Waals surface area (Å²) in [6.07, 6.45) is -3.45. The monoisotopic (exact) mass is 633 g/mol. The van der Waals surface area contributed by atoms with Crippen molar-refractivity contribution in [2.45, 2.75) is 19.5 Å². The molecule has 236 valence electrons. The Balaban J connectivity index is 0.000000617. The fourth-order valence-corrected chi connectivity index (χ4v) is 4.29. The number of nitrogens with zero attached hydrogens (tertiary/aromatic N) is 2. The number of imidazole rings is 1. The van der Waals surface area contributed by atoms with Crippen LogP contribution in [-0.4, -0.2) is 49.6 Å². The first-order valence-electron chi connectivity index (χ1n) is 13.3. The number of rotatable bonds is 9. The summed E-state index contributed by atoms with van der Waals surface area (Å²) in [7, 11) is 0. The number of halogens is 3. The number of carboxylic acid groups (broad SMARTS) is 2. The van der Waals surface area contributed by atoms with Crippen LogP contribution in [0.25, 0.3) is 22.2 Å². The zero-order valence-corrected chi connectivity index (χ0v) is 23.8. The van der Waals surface area contributed by atoms with Gasteiger partial charge in [-0.05, 0) is 59.2 Å². The maximum absolute atomic E-state index is 13.6. The Labute approximate surface area is 259 Å². The quantitative estimate of drug-likeness (QED) is 0.101. The molecule has 0 saturated heterocycles. The first-order valence-corrected chi connectivity index (χ1v) is 13.3. The molecule has 1 heterocycles. The molecule has 0 aliphatic rings. The van der Waals surface area contributed by atoms with Crippen LogP contribution in [0.2, 0.25) is 0 Å². The predicted molar refractivity (Wildman–Crippen MR) is 162 cm³/mol. The Morgan fingerprint density at radius 2 is 1.52 bits per heavy atom. The van der Waals surface area contributed by atoms with Gasteiger partial charge >= 0.3 is 18.1 Å². The van der Waals surface area contributed by atoms with Gasteiger partial charge in [-0.15, -0.1) is 0 Å². The molecule has 1 aromatic heterocycles. The number of ether oxygens (including phenoxy) is 1. The second-order valence-electron chi connectivity index (χ2n) is 9.66. The van der Waals surface area contributed by atoms with E-state index in [-0.39, 0.29) is 23.7 Å². The number of nitrogens with two attached hydrogens (primary N) is 1. The molecule has 0 atom stereocenters. The Morgan fingerprint density at radius 1 is 0.891 bits per heavy atom. The summed E-state index contributed by atoms with van der Waals surface area (Å²) >= 11 is 0. The summed E-state index contributed by atoms with van der Waals surface area (Å²) in [6.45, 7) is 0.623. The van der Waals surface area contributed by atoms with E-state index in [1.165, 1.54) is 6.07 Å². The van der Waals surface area contributed by atoms with Crippen LogP contribution in [0.4, 0.5) is 18.9 Å². The number of aliphatic carboxylic acids is 1. The number of hydrogen-bond acceptors (Lipinski definition) is 6. The van der Waals surface area contributed by atoms with Crippen LogP contribution in [0.3, 0.4) is 0 Å². The zero-order chi connectivity index (χ0) is 33.4. The van der Waals surface area contributed by atoms with Crippen molar-refractivity contribution >= 4 is 40.4 Å². The molecule has 11 nitrogen and oxygen atoms in total. The molecule has 4 aromatic carbocycles. The summed E-state index contributed by atoms with van der Waals surface area (Å²) in [6, 6.07) is 26.3. The number of nitrogen functional groups attached to an aromatic ring is 1. The molecule has 0 aliphatic carbocycles. The minimum absolute atomic E-state index is 0.0716. The molecule has 46 heavy (non-hydrogen) atoms. The van der Waals surface area contributed by atoms with E-state index in [2.05, 4.69) is 10.3 Å². The number of carbonyl (C=O) groups excluding carboxylic acids is 1. The molecule has 0 radical (unpaired) electrons. The molecule has 5 rings (SSSR count). The summed E-state index contributed by atoms with van der Waals surface area (Å²) in [5, 5.41) is 27.4. The fraction of sp³-hybridized carbons (Fsp3) is 0.0938. The number of hydrogen-bond donors (Lipinski definition) is 5. The second kappa shape index (κ2) is 14.2. The number of alkyl halides is 3. The minimum Gasteiger partial charge on any atom is -0.478 e. The highest BCUT2D eigenvalue weighted by molar-refractivity contribution is 6.12. The van der Waals surface area contributed by atoms with Gasteiger partial charge in [0.25, 0.3) is 5.91 Å². The topological polar surface area (TPSA) is 181 Å². The number of aromatic nitrogens is 2. The lowest BCUT2D eigenvalue weighted by Crippen LogP contribution is -2.21. The molecule has 6 N–H and O–H groups in total. The van der Waals surface area contributed by atoms with Crippen molar-refractivity contribution in [2.24, 2.45) is 5.73 Å². The van der Waals surface area contributed by atoms with E-state index in [9.17, 15) is 27.9 Å². The van der Waals surface area contributed by atoms with Crippen LogP contribution < -0.4 is 11.1 Å². The first-order chi connectivity index (χ1) is 21.8. The highest BCUT2D eigenvalue weighted by Crippen LogP contribution is 2.32. The van der Waals surface area contributed by atoms with Gasteiger partial charge in [0.05, 0.1) is 29.5 Å². The van der Waals surface area contributed by atoms with Crippen molar-refractivity contribution < 1.29 is 42.5 Å². The van der Waals surface area contributed by atoms with Gasteiger partial charge in [0, 0.05) is 16.8 Å². The van der Waals surface area contributed by atoms with E-state index >= 15 is 0 Å². The van der Waals surface area contributed by atoms with Crippen LogP contribution in [0, 0.1) is 5.41 Å². The Bertz CT molecular complexity index is 1890. The molecule has 14 heteroatoms. The van der Waals surface area contributed by atoms with Crippen LogP contribution in [0.1, 0.15) is 31.8 Å². The molecule has 0 saturated carbocycles. The van der Waals surface area contributed by atoms with Crippen LogP contribution in [-0.2, 0) is 22.9 Å². The van der Waals surface area contributed by atoms with Gasteiger partial charge in [0.2, 0.25) is 0 Å². The predicted octanol–water partition coefficient (Wildman–Crippen LogP) is 5.75. The van der Waals surface area contributed by atoms with Crippen LogP contribution in [0.5, 0.6) is 0 Å². The van der Waals surface area contributed by atoms with Crippen molar-refractivity contribution in [3.63, 3.8) is 0 Å². The Hall–Kier alpha value is -6.02. The first kappa shape index (κ1) is 32.9. The lowest BCUT2D eigenvalue weighted by atomic mass is 9.94. The Kier molecular flexibility index (Phi) is 10.1. The third kappa shape index (κ3) is 8.12. The molecule has 0 aliphatic heterocycles. The van der Waals surface area contributed by atoms with E-state index < -0.39 is 24.0 Å². The largest absolute Gasteiger partial charge is 0.490 e. The number of benzene rings is 4. The van der Waals surface area contributed by atoms with E-state index in [0.717, 1.165) is 5.56 Å². The summed E-state index contributed by atoms with van der Waals surface area (Å²) in [5.74, 6) is -4.36. The maximum atomic E-state index is 13.6. The van der Waals surface area contributed by atoms with Crippen molar-refractivity contribution in [1.82, 2.24) is 9.55 Å². The summed E-state index contributed by atoms with van der Waals surface area (Å²) < 4.78 is 39.4. The van der Waals surface area contributed by atoms with E-state index in [0.29, 0.717) is 40.0 Å². The number of fused-ring (bicyclic) bond motifs is 1. The van der Waals surface area contributed by atoms with Gasteiger partial charge in [0.15, 0.2) is 0 Å². The minimum atomic E-state index is -5.08. The van der Waals surface area contributed by atoms with Crippen molar-refractivity contribution in [3.05, 3.63) is 120 Å². The summed E-state index contributed by atoms with van der Waals surface area (Å²) in [4.78, 5) is 39.0. The molecule has 0 bridgehead atoms. The number of amides is 1. The van der Waals surface area contributed by atoms with Gasteiger partial charge in [-0.1, -0.05) is 48.5 Å². The Morgan fingerprint density at radius 3 is 2.13 bits per heavy atom. The third-order valence-corrected chi connectivity index (χ3v) is 6.49. The number of anilines is 1. The van der Waals surface area contributed by atoms with Gasteiger partial charge in [0.1, 0.15) is 12.6 Å². The molecule has 0 fully saturated rings. The molecular formula is C32H26F3N5O6. The normalized spacial score (nSPS) is 10.9. The smallest absolute Gasteiger partial charge is 0.478 e. The van der Waals surface area contributed by atoms with Gasteiger partial charge in [-0.25, -0.2) is 14.6 Å². The number of nitrogens with one attached hydrogen (secondary N) is 2. The SMILES string of the molecule is N=C(N)c1ccc(NC(=O)c2cc3c(cc2-c2ccccc2C(=O)O)ncn3COCc2ccccc2)cc1.O=C(O)C(F)(F)F. The van der Waals surface area contributed by atoms with Gasteiger partial charge < -0.3 is 30.6 Å². The average molecular weight is 634 g/mol. The molecule has 5 aromatic rings. The lowest BCUT2D eigenvalue weighted by molar-refractivity contribution is -0.192. The van der Waals surface area contributed by atoms with Crippen LogP contribution in [0.15, 0.2) is 97.3 Å². The average Bonchev–Trinajstić information content (AvgIpc) is 3.42. The number of carboxylic acids is 2. The standard InChI is InChI=1S/C30H25N5O4.C2HF3O2/c31-28(32)20-10-12-21(13-11-20)34-29(36)25-15-27-26(14-24(25)22-8-4-5-9-23(22)30(37)38)33-17-35(27)18-39-16-19-6-2-1-3-7-19;3-2(4,5)1(6)7/h1-15,17H,16,18H2,(H3,31,32)(H,34,36)(H,37,38);(H,6,7). The van der Waals surface area contributed by atoms with Crippen molar-refractivity contribution in [2.75, 3.05) is 5.32 Å². The second-order valence-corrected chi connectivity index (χ2v) is 9.66. The lowest BCUT2D eigenvalue weighted by Gasteiger charge is -2.14. The van der Waals surface area contributed by atoms with Gasteiger partial charge in [-0.2, -0.15) is 13.2 Å². The highest BCUT2D eigenvalue weighted by Gasteiger charge is 2.38. The maximum Gasteiger partial charge on any atom is 0.490 e. The van der Waals surface area contributed by atoms with E-state index in [4.69, 9.17) is 25.8 Å². The number of carbonyl (C=O) groups is 3. The van der Waals surface area contributed by atoms with Gasteiger partial charge in [-0.3, -0.25) is 10.2 Å². The molecule has 1 amide bonds. The molecular weight excluding hydrogens is 607 g/mol. The van der Waals surface area contributed by atoms with Crippen LogP contribution >= 0.6 is 0 Å². The molecule has 0 spiro atoms. The number of amidine groups is 1.